The quantitative estimate of drug-likeness (QED) is 0.389. The summed E-state index contributed by atoms with van der Waals surface area (Å²) in [5.74, 6) is -0.0694. The number of amides is 1. The molecule has 1 aromatic rings. The minimum atomic E-state index is -0.501. The Labute approximate surface area is 142 Å². The smallest absolute Gasteiger partial charge is 0.243 e. The van der Waals surface area contributed by atoms with Crippen LogP contribution in [0.5, 0.6) is 0 Å². The van der Waals surface area contributed by atoms with Gasteiger partial charge in [0.2, 0.25) is 5.91 Å². The van der Waals surface area contributed by atoms with E-state index in [1.807, 2.05) is 30.4 Å². The van der Waals surface area contributed by atoms with Gasteiger partial charge in [0, 0.05) is 12.6 Å². The van der Waals surface area contributed by atoms with Gasteiger partial charge in [-0.25, -0.2) is 5.48 Å². The number of aliphatic hydroxyl groups excluding tert-OH is 1. The summed E-state index contributed by atoms with van der Waals surface area (Å²) < 4.78 is 0. The van der Waals surface area contributed by atoms with Crippen molar-refractivity contribution < 1.29 is 15.1 Å². The lowest BCUT2D eigenvalue weighted by Gasteiger charge is -2.17. The lowest BCUT2D eigenvalue weighted by Crippen LogP contribution is -2.18. The summed E-state index contributed by atoms with van der Waals surface area (Å²) in [4.78, 5) is 15.2. The Morgan fingerprint density at radius 2 is 2.29 bits per heavy atom. The van der Waals surface area contributed by atoms with Crippen molar-refractivity contribution in [2.75, 3.05) is 0 Å². The molecule has 2 unspecified atom stereocenters. The van der Waals surface area contributed by atoms with E-state index in [0.29, 0.717) is 18.8 Å². The predicted molar refractivity (Wildman–Crippen MR) is 93.0 cm³/mol. The molecular weight excluding hydrogens is 304 g/mol. The number of nitrogens with one attached hydrogen (secondary N) is 1. The largest absolute Gasteiger partial charge is 0.388 e. The normalized spacial score (nSPS) is 18.4. The monoisotopic (exact) mass is 328 g/mol. The maximum atomic E-state index is 10.9. The SMILES string of the molecule is O=C(CCCCC(O)C1=CCC(/C=C/c2ccccn2)C=C1)NO. The van der Waals surface area contributed by atoms with Crippen molar-refractivity contribution in [2.24, 2.45) is 5.92 Å². The second kappa shape index (κ2) is 9.80. The van der Waals surface area contributed by atoms with Gasteiger partial charge in [-0.15, -0.1) is 0 Å². The van der Waals surface area contributed by atoms with E-state index in [4.69, 9.17) is 5.21 Å². The lowest BCUT2D eigenvalue weighted by molar-refractivity contribution is -0.129. The first-order chi connectivity index (χ1) is 11.7. The average Bonchev–Trinajstić information content (AvgIpc) is 2.64. The molecule has 2 atom stereocenters. The third-order valence-electron chi connectivity index (χ3n) is 4.00. The van der Waals surface area contributed by atoms with Crippen LogP contribution in [-0.2, 0) is 4.79 Å². The Balaban J connectivity index is 1.73. The van der Waals surface area contributed by atoms with Gasteiger partial charge in [0.15, 0.2) is 0 Å². The summed E-state index contributed by atoms with van der Waals surface area (Å²) in [6.45, 7) is 0. The molecular formula is C19H24N2O3. The van der Waals surface area contributed by atoms with E-state index in [0.717, 1.165) is 24.1 Å². The molecule has 1 amide bonds. The molecule has 3 N–H and O–H groups in total. The molecule has 0 saturated heterocycles. The van der Waals surface area contributed by atoms with Gasteiger partial charge >= 0.3 is 0 Å². The number of rotatable bonds is 8. The molecule has 0 saturated carbocycles. The van der Waals surface area contributed by atoms with Crippen LogP contribution in [0.4, 0.5) is 0 Å². The molecule has 24 heavy (non-hydrogen) atoms. The number of unbranched alkanes of at least 4 members (excludes halogenated alkanes) is 1. The van der Waals surface area contributed by atoms with Gasteiger partial charge in [0.1, 0.15) is 0 Å². The number of nitrogens with zero attached hydrogens (tertiary/aromatic N) is 1. The van der Waals surface area contributed by atoms with Gasteiger partial charge in [-0.2, -0.15) is 0 Å². The minimum Gasteiger partial charge on any atom is -0.388 e. The molecule has 1 aliphatic rings. The molecule has 0 aromatic carbocycles. The fourth-order valence-electron chi connectivity index (χ4n) is 2.59. The van der Waals surface area contributed by atoms with E-state index in [9.17, 15) is 9.90 Å². The first-order valence-electron chi connectivity index (χ1n) is 8.27. The summed E-state index contributed by atoms with van der Waals surface area (Å²) >= 11 is 0. The van der Waals surface area contributed by atoms with E-state index in [1.165, 1.54) is 0 Å². The second-order valence-electron chi connectivity index (χ2n) is 5.87. The fraction of sp³-hybridized carbons (Fsp3) is 0.368. The first-order valence-corrected chi connectivity index (χ1v) is 8.27. The number of carbonyl (C=O) groups excluding carboxylic acids is 1. The zero-order valence-electron chi connectivity index (χ0n) is 13.6. The number of carbonyl (C=O) groups is 1. The molecule has 1 aromatic heterocycles. The van der Waals surface area contributed by atoms with Crippen LogP contribution in [0.25, 0.3) is 6.08 Å². The molecule has 0 bridgehead atoms. The molecule has 0 radical (unpaired) electrons. The highest BCUT2D eigenvalue weighted by Gasteiger charge is 2.13. The summed E-state index contributed by atoms with van der Waals surface area (Å²) in [6, 6.07) is 5.82. The number of hydrogen-bond acceptors (Lipinski definition) is 4. The van der Waals surface area contributed by atoms with Gasteiger partial charge < -0.3 is 5.11 Å². The lowest BCUT2D eigenvalue weighted by atomic mass is 9.92. The van der Waals surface area contributed by atoms with Gasteiger partial charge in [0.05, 0.1) is 11.8 Å². The molecule has 128 valence electrons. The van der Waals surface area contributed by atoms with Crippen molar-refractivity contribution in [3.63, 3.8) is 0 Å². The Bertz CT molecular complexity index is 608. The number of hydrogen-bond donors (Lipinski definition) is 3. The van der Waals surface area contributed by atoms with Crippen molar-refractivity contribution in [1.29, 1.82) is 0 Å². The van der Waals surface area contributed by atoms with Crippen LogP contribution in [0.2, 0.25) is 0 Å². The summed E-state index contributed by atoms with van der Waals surface area (Å²) in [6.07, 6.45) is 14.7. The molecule has 1 aliphatic carbocycles. The van der Waals surface area contributed by atoms with Crippen molar-refractivity contribution in [3.05, 3.63) is 60.0 Å². The Kier molecular flexibility index (Phi) is 7.39. The first kappa shape index (κ1) is 18.1. The van der Waals surface area contributed by atoms with E-state index in [-0.39, 0.29) is 12.3 Å². The van der Waals surface area contributed by atoms with Gasteiger partial charge in [0.25, 0.3) is 0 Å². The number of allylic oxidation sites excluding steroid dienone is 3. The summed E-state index contributed by atoms with van der Waals surface area (Å²) in [7, 11) is 0. The van der Waals surface area contributed by atoms with Crippen molar-refractivity contribution in [2.45, 2.75) is 38.2 Å². The summed E-state index contributed by atoms with van der Waals surface area (Å²) in [5, 5.41) is 18.6. The van der Waals surface area contributed by atoms with Gasteiger partial charge in [-0.1, -0.05) is 36.8 Å². The number of pyridine rings is 1. The molecule has 2 rings (SSSR count). The van der Waals surface area contributed by atoms with Crippen LogP contribution in [0.15, 0.2) is 54.3 Å². The molecule has 5 nitrogen and oxygen atoms in total. The van der Waals surface area contributed by atoms with E-state index in [2.05, 4.69) is 23.2 Å². The highest BCUT2D eigenvalue weighted by atomic mass is 16.5. The van der Waals surface area contributed by atoms with Gasteiger partial charge in [-0.3, -0.25) is 15.0 Å². The molecule has 5 heteroatoms. The van der Waals surface area contributed by atoms with Crippen molar-refractivity contribution in [3.8, 4) is 0 Å². The highest BCUT2D eigenvalue weighted by molar-refractivity contribution is 5.74. The number of aliphatic hydroxyl groups is 1. The Morgan fingerprint density at radius 3 is 2.96 bits per heavy atom. The van der Waals surface area contributed by atoms with Crippen molar-refractivity contribution in [1.82, 2.24) is 10.5 Å². The van der Waals surface area contributed by atoms with Crippen LogP contribution in [0.3, 0.4) is 0 Å². The minimum absolute atomic E-state index is 0.276. The molecule has 0 aliphatic heterocycles. The third-order valence-corrected chi connectivity index (χ3v) is 4.00. The number of hydroxylamine groups is 1. The van der Waals surface area contributed by atoms with Gasteiger partial charge in [-0.05, 0) is 49.0 Å². The molecule has 0 fully saturated rings. The van der Waals surface area contributed by atoms with E-state index >= 15 is 0 Å². The molecule has 1 heterocycles. The topological polar surface area (TPSA) is 82.5 Å². The molecule has 0 spiro atoms. The Hall–Kier alpha value is -2.24. The average molecular weight is 328 g/mol. The van der Waals surface area contributed by atoms with Crippen LogP contribution >= 0.6 is 0 Å². The van der Waals surface area contributed by atoms with E-state index < -0.39 is 6.10 Å². The van der Waals surface area contributed by atoms with Crippen LogP contribution in [0, 0.1) is 5.92 Å². The summed E-state index contributed by atoms with van der Waals surface area (Å²) in [5.41, 5.74) is 3.48. The standard InChI is InChI=1S/C19H24N2O3/c22-18(6-1-2-7-19(23)21-24)16-11-8-15(9-12-16)10-13-17-5-3-4-14-20-17/h3-5,8,10-15,18,22,24H,1-2,6-7,9H2,(H,21,23)/b13-10+. The van der Waals surface area contributed by atoms with Crippen LogP contribution in [-0.4, -0.2) is 27.3 Å². The zero-order valence-corrected chi connectivity index (χ0v) is 13.6. The second-order valence-corrected chi connectivity index (χ2v) is 5.87. The van der Waals surface area contributed by atoms with Crippen LogP contribution < -0.4 is 5.48 Å². The Morgan fingerprint density at radius 1 is 1.42 bits per heavy atom. The zero-order chi connectivity index (χ0) is 17.2. The predicted octanol–water partition coefficient (Wildman–Crippen LogP) is 3.02. The van der Waals surface area contributed by atoms with E-state index in [1.54, 1.807) is 11.7 Å². The maximum Gasteiger partial charge on any atom is 0.243 e. The van der Waals surface area contributed by atoms with Crippen molar-refractivity contribution >= 4 is 12.0 Å². The van der Waals surface area contributed by atoms with Crippen LogP contribution in [0.1, 0.15) is 37.8 Å². The third kappa shape index (κ3) is 6.10. The highest BCUT2D eigenvalue weighted by Crippen LogP contribution is 2.22. The number of aromatic nitrogens is 1. The fourth-order valence-corrected chi connectivity index (χ4v) is 2.59. The maximum absolute atomic E-state index is 10.9.